The lowest BCUT2D eigenvalue weighted by Crippen LogP contribution is -2.13. The highest BCUT2D eigenvalue weighted by Gasteiger charge is 2.30. The van der Waals surface area contributed by atoms with Crippen molar-refractivity contribution in [2.75, 3.05) is 5.32 Å². The summed E-state index contributed by atoms with van der Waals surface area (Å²) in [4.78, 5) is 16.2. The number of benzene rings is 1. The van der Waals surface area contributed by atoms with Gasteiger partial charge in [0, 0.05) is 18.1 Å². The third-order valence-corrected chi connectivity index (χ3v) is 2.97. The fraction of sp³-hybridized carbons (Fsp3) is 0.0714. The normalized spacial score (nSPS) is 11.6. The number of amides is 1. The van der Waals surface area contributed by atoms with Crippen LogP contribution in [0.15, 0.2) is 48.9 Å². The quantitative estimate of drug-likeness (QED) is 0.792. The van der Waals surface area contributed by atoms with Crippen LogP contribution in [0.3, 0.4) is 0 Å². The Bertz CT molecular complexity index is 841. The summed E-state index contributed by atoms with van der Waals surface area (Å²) >= 11 is 0. The highest BCUT2D eigenvalue weighted by molar-refractivity contribution is 6.08. The summed E-state index contributed by atoms with van der Waals surface area (Å²) in [5.41, 5.74) is -0.275. The number of anilines is 1. The van der Waals surface area contributed by atoms with Gasteiger partial charge in [0.25, 0.3) is 5.91 Å². The monoisotopic (exact) mass is 306 g/mol. The van der Waals surface area contributed by atoms with E-state index in [1.807, 2.05) is 0 Å². The van der Waals surface area contributed by atoms with Crippen LogP contribution in [-0.4, -0.2) is 20.5 Å². The van der Waals surface area contributed by atoms with Crippen molar-refractivity contribution in [3.8, 4) is 0 Å². The topological polar surface area (TPSA) is 59.3 Å². The van der Waals surface area contributed by atoms with E-state index in [1.165, 1.54) is 29.0 Å². The number of hydrogen-bond donors (Lipinski definition) is 1. The molecule has 0 bridgehead atoms. The van der Waals surface area contributed by atoms with E-state index in [-0.39, 0.29) is 11.3 Å². The fourth-order valence-corrected chi connectivity index (χ4v) is 1.96. The molecule has 1 aromatic carbocycles. The Hall–Kier alpha value is -2.90. The minimum atomic E-state index is -4.47. The lowest BCUT2D eigenvalue weighted by Gasteiger charge is -2.09. The Morgan fingerprint density at radius 2 is 2.05 bits per heavy atom. The summed E-state index contributed by atoms with van der Waals surface area (Å²) in [5.74, 6) is -0.576. The van der Waals surface area contributed by atoms with E-state index in [1.54, 1.807) is 12.3 Å². The molecule has 8 heteroatoms. The second kappa shape index (κ2) is 5.14. The van der Waals surface area contributed by atoms with Gasteiger partial charge in [-0.3, -0.25) is 4.79 Å². The maximum absolute atomic E-state index is 12.7. The van der Waals surface area contributed by atoms with Gasteiger partial charge < -0.3 is 5.32 Å². The highest BCUT2D eigenvalue weighted by atomic mass is 19.4. The first kappa shape index (κ1) is 14.1. The average Bonchev–Trinajstić information content (AvgIpc) is 2.90. The van der Waals surface area contributed by atoms with E-state index in [2.05, 4.69) is 15.4 Å². The van der Waals surface area contributed by atoms with Gasteiger partial charge in [0.2, 0.25) is 0 Å². The molecule has 0 radical (unpaired) electrons. The number of nitrogens with zero attached hydrogens (tertiary/aromatic N) is 3. The van der Waals surface area contributed by atoms with E-state index < -0.39 is 17.6 Å². The van der Waals surface area contributed by atoms with Crippen molar-refractivity contribution in [1.29, 1.82) is 0 Å². The predicted molar refractivity (Wildman–Crippen MR) is 72.4 cm³/mol. The van der Waals surface area contributed by atoms with Gasteiger partial charge in [0.15, 0.2) is 5.65 Å². The van der Waals surface area contributed by atoms with E-state index in [9.17, 15) is 18.0 Å². The number of carbonyl (C=O) groups excluding carboxylic acids is 1. The van der Waals surface area contributed by atoms with Gasteiger partial charge in [-0.05, 0) is 24.3 Å². The Morgan fingerprint density at radius 1 is 1.23 bits per heavy atom. The summed E-state index contributed by atoms with van der Waals surface area (Å²) in [5, 5.41) is 6.37. The van der Waals surface area contributed by atoms with Gasteiger partial charge in [0.05, 0.1) is 11.8 Å². The molecule has 0 fully saturated rings. The minimum absolute atomic E-state index is 0.0510. The smallest absolute Gasteiger partial charge is 0.322 e. The van der Waals surface area contributed by atoms with E-state index in [0.717, 1.165) is 12.1 Å². The zero-order valence-corrected chi connectivity index (χ0v) is 11.0. The summed E-state index contributed by atoms with van der Waals surface area (Å²) in [6.07, 6.45) is -0.0422. The van der Waals surface area contributed by atoms with Gasteiger partial charge in [-0.15, -0.1) is 0 Å². The van der Waals surface area contributed by atoms with Crippen LogP contribution in [0.1, 0.15) is 15.9 Å². The molecule has 0 atom stereocenters. The van der Waals surface area contributed by atoms with Crippen molar-refractivity contribution >= 4 is 17.2 Å². The van der Waals surface area contributed by atoms with Crippen LogP contribution < -0.4 is 5.32 Å². The van der Waals surface area contributed by atoms with E-state index in [0.29, 0.717) is 5.65 Å². The molecule has 1 N–H and O–H groups in total. The first-order chi connectivity index (χ1) is 10.4. The van der Waals surface area contributed by atoms with Crippen LogP contribution in [-0.2, 0) is 6.18 Å². The number of aromatic nitrogens is 3. The molecule has 22 heavy (non-hydrogen) atoms. The number of rotatable bonds is 2. The molecule has 3 rings (SSSR count). The van der Waals surface area contributed by atoms with Crippen molar-refractivity contribution in [2.24, 2.45) is 0 Å². The zero-order valence-electron chi connectivity index (χ0n) is 11.0. The first-order valence-corrected chi connectivity index (χ1v) is 6.22. The largest absolute Gasteiger partial charge is 0.416 e. The first-order valence-electron chi connectivity index (χ1n) is 6.22. The second-order valence-corrected chi connectivity index (χ2v) is 4.48. The number of nitrogens with one attached hydrogen (secondary N) is 1. The van der Waals surface area contributed by atoms with Crippen molar-refractivity contribution in [3.63, 3.8) is 0 Å². The summed E-state index contributed by atoms with van der Waals surface area (Å²) in [6.45, 7) is 0. The molecule has 0 aliphatic rings. The summed E-state index contributed by atoms with van der Waals surface area (Å²) in [6, 6.07) is 6.07. The Morgan fingerprint density at radius 3 is 2.82 bits per heavy atom. The maximum atomic E-state index is 12.7. The van der Waals surface area contributed by atoms with Crippen molar-refractivity contribution in [2.45, 2.75) is 6.18 Å². The lowest BCUT2D eigenvalue weighted by molar-refractivity contribution is -0.137. The SMILES string of the molecule is O=C(Nc1cccc(C(F)(F)F)c1)c1cnn2cccnc12. The maximum Gasteiger partial charge on any atom is 0.416 e. The molecule has 1 amide bonds. The Kier molecular flexibility index (Phi) is 3.28. The van der Waals surface area contributed by atoms with Crippen LogP contribution in [0.2, 0.25) is 0 Å². The molecule has 2 heterocycles. The minimum Gasteiger partial charge on any atom is -0.322 e. The lowest BCUT2D eigenvalue weighted by atomic mass is 10.2. The number of hydrogen-bond acceptors (Lipinski definition) is 3. The number of halogens is 3. The molecule has 0 saturated carbocycles. The number of carbonyl (C=O) groups is 1. The second-order valence-electron chi connectivity index (χ2n) is 4.48. The van der Waals surface area contributed by atoms with Crippen LogP contribution in [0.4, 0.5) is 18.9 Å². The Balaban J connectivity index is 1.89. The van der Waals surface area contributed by atoms with Crippen LogP contribution in [0.5, 0.6) is 0 Å². The summed E-state index contributed by atoms with van der Waals surface area (Å²) < 4.78 is 39.4. The number of fused-ring (bicyclic) bond motifs is 1. The van der Waals surface area contributed by atoms with Crippen molar-refractivity contribution in [1.82, 2.24) is 14.6 Å². The van der Waals surface area contributed by atoms with Crippen molar-refractivity contribution < 1.29 is 18.0 Å². The van der Waals surface area contributed by atoms with Gasteiger partial charge in [0.1, 0.15) is 5.56 Å². The van der Waals surface area contributed by atoms with Gasteiger partial charge in [-0.2, -0.15) is 18.3 Å². The molecule has 0 saturated heterocycles. The molecule has 0 aliphatic heterocycles. The molecule has 5 nitrogen and oxygen atoms in total. The molecule has 112 valence electrons. The fourth-order valence-electron chi connectivity index (χ4n) is 1.96. The van der Waals surface area contributed by atoms with Crippen LogP contribution in [0, 0.1) is 0 Å². The highest BCUT2D eigenvalue weighted by Crippen LogP contribution is 2.30. The molecule has 2 aromatic heterocycles. The Labute approximate surface area is 122 Å². The van der Waals surface area contributed by atoms with Crippen LogP contribution in [0.25, 0.3) is 5.65 Å². The third kappa shape index (κ3) is 2.62. The molecular formula is C14H9F3N4O. The van der Waals surface area contributed by atoms with Crippen LogP contribution >= 0.6 is 0 Å². The molecule has 0 unspecified atom stereocenters. The van der Waals surface area contributed by atoms with Gasteiger partial charge in [-0.25, -0.2) is 9.50 Å². The molecular weight excluding hydrogens is 297 g/mol. The standard InChI is InChI=1S/C14H9F3N4O/c15-14(16,17)9-3-1-4-10(7-9)20-13(22)11-8-19-21-6-2-5-18-12(11)21/h1-8H,(H,20,22). The number of alkyl halides is 3. The van der Waals surface area contributed by atoms with E-state index >= 15 is 0 Å². The molecule has 3 aromatic rings. The van der Waals surface area contributed by atoms with Gasteiger partial charge >= 0.3 is 6.18 Å². The van der Waals surface area contributed by atoms with Crippen molar-refractivity contribution in [3.05, 3.63) is 60.0 Å². The zero-order chi connectivity index (χ0) is 15.7. The molecule has 0 spiro atoms. The predicted octanol–water partition coefficient (Wildman–Crippen LogP) is 3.00. The van der Waals surface area contributed by atoms with E-state index in [4.69, 9.17) is 0 Å². The molecule has 0 aliphatic carbocycles. The third-order valence-electron chi connectivity index (χ3n) is 2.97. The van der Waals surface area contributed by atoms with Gasteiger partial charge in [-0.1, -0.05) is 6.07 Å². The average molecular weight is 306 g/mol. The summed E-state index contributed by atoms with van der Waals surface area (Å²) in [7, 11) is 0.